The third kappa shape index (κ3) is 4.96. The van der Waals surface area contributed by atoms with Crippen LogP contribution in [0.3, 0.4) is 0 Å². The molecule has 0 heterocycles. The van der Waals surface area contributed by atoms with E-state index in [0.717, 1.165) is 22.0 Å². The Bertz CT molecular complexity index is 1940. The molecular weight excluding hydrogens is 538 g/mol. The maximum absolute atomic E-state index is 6.61. The fourth-order valence-electron chi connectivity index (χ4n) is 6.91. The molecule has 202 valence electrons. The number of halogens is 2. The topological polar surface area (TPSA) is 0 Å². The summed E-state index contributed by atoms with van der Waals surface area (Å²) in [6.45, 7) is 13.1. The normalized spacial score (nSPS) is 11.4. The van der Waals surface area contributed by atoms with Gasteiger partial charge in [-0.2, -0.15) is 22.9 Å². The minimum Gasteiger partial charge on any atom is -0.164 e. The molecule has 0 aromatic heterocycles. The second-order valence-corrected chi connectivity index (χ2v) is 12.7. The Balaban J connectivity index is 1.57. The van der Waals surface area contributed by atoms with Crippen LogP contribution in [0.5, 0.6) is 0 Å². The lowest BCUT2D eigenvalue weighted by atomic mass is 9.80. The number of hydrogen-bond acceptors (Lipinski definition) is 0. The van der Waals surface area contributed by atoms with Crippen LogP contribution in [0.1, 0.15) is 33.4 Å². The highest BCUT2D eigenvalue weighted by molar-refractivity contribution is 7.39. The van der Waals surface area contributed by atoms with E-state index in [4.69, 9.17) is 22.9 Å². The summed E-state index contributed by atoms with van der Waals surface area (Å²) in [4.78, 5) is 0. The van der Waals surface area contributed by atoms with Crippen LogP contribution in [-0.4, -0.2) is 5.54 Å². The van der Waals surface area contributed by atoms with Crippen molar-refractivity contribution in [1.29, 1.82) is 0 Å². The van der Waals surface area contributed by atoms with Gasteiger partial charge in [-0.25, -0.2) is 0 Å². The van der Waals surface area contributed by atoms with Gasteiger partial charge in [0.1, 0.15) is 0 Å². The Morgan fingerprint density at radius 2 is 0.951 bits per heavy atom. The summed E-state index contributed by atoms with van der Waals surface area (Å²) in [6.07, 6.45) is 0. The zero-order valence-corrected chi connectivity index (χ0v) is 26.0. The molecule has 0 aliphatic heterocycles. The highest BCUT2D eigenvalue weighted by Gasteiger charge is 2.21. The van der Waals surface area contributed by atoms with Gasteiger partial charge in [0.15, 0.2) is 0 Å². The molecule has 0 radical (unpaired) electrons. The van der Waals surface area contributed by atoms with Crippen molar-refractivity contribution in [2.75, 3.05) is 0 Å². The highest BCUT2D eigenvalue weighted by atomic mass is 35.5. The zero-order chi connectivity index (χ0) is 29.0. The number of rotatable bonds is 4. The molecule has 6 aromatic rings. The van der Waals surface area contributed by atoms with E-state index in [2.05, 4.69) is 133 Å². The van der Waals surface area contributed by atoms with E-state index >= 15 is 0 Å². The van der Waals surface area contributed by atoms with Crippen LogP contribution >= 0.6 is 22.9 Å². The maximum atomic E-state index is 6.61. The summed E-state index contributed by atoms with van der Waals surface area (Å²) in [7, 11) is 0. The van der Waals surface area contributed by atoms with Crippen molar-refractivity contribution >= 4 is 55.5 Å². The summed E-state index contributed by atoms with van der Waals surface area (Å²) in [5, 5.41) is 4.72. The van der Waals surface area contributed by atoms with Crippen LogP contribution in [0.4, 0.5) is 0 Å². The van der Waals surface area contributed by atoms with Crippen LogP contribution in [0, 0.1) is 41.5 Å². The second kappa shape index (κ2) is 10.7. The van der Waals surface area contributed by atoms with Crippen molar-refractivity contribution in [3.05, 3.63) is 124 Å². The van der Waals surface area contributed by atoms with Gasteiger partial charge in [-0.15, -0.1) is 0 Å². The minimum atomic E-state index is -0.636. The molecule has 0 fully saturated rings. The van der Waals surface area contributed by atoms with Gasteiger partial charge in [0.25, 0.3) is 0 Å². The van der Waals surface area contributed by atoms with Crippen LogP contribution in [-0.2, 0) is 0 Å². The van der Waals surface area contributed by atoms with Crippen molar-refractivity contribution in [2.45, 2.75) is 41.5 Å². The van der Waals surface area contributed by atoms with Gasteiger partial charge in [-0.3, -0.25) is 0 Å². The average molecular weight is 571 g/mol. The molecule has 0 amide bonds. The Labute approximate surface area is 253 Å². The van der Waals surface area contributed by atoms with Crippen molar-refractivity contribution in [2.24, 2.45) is 0 Å². The number of benzene rings is 6. The van der Waals surface area contributed by atoms with Gasteiger partial charge in [-0.05, 0) is 136 Å². The Kier molecular flexibility index (Phi) is 7.22. The van der Waals surface area contributed by atoms with E-state index in [-0.39, 0.29) is 0 Å². The van der Waals surface area contributed by atoms with E-state index in [0.29, 0.717) is 0 Å². The number of hydrogen-bond donors (Lipinski definition) is 0. The molecule has 0 saturated heterocycles. The number of fused-ring (bicyclic) bond motifs is 2. The van der Waals surface area contributed by atoms with Crippen molar-refractivity contribution in [3.63, 3.8) is 0 Å². The molecule has 0 saturated carbocycles. The smallest absolute Gasteiger partial charge is 0.164 e. The molecule has 0 aliphatic rings. The van der Waals surface area contributed by atoms with Crippen LogP contribution in [0.15, 0.2) is 91.0 Å². The molecule has 0 aliphatic carbocycles. The van der Waals surface area contributed by atoms with Gasteiger partial charge in [0, 0.05) is 0 Å². The van der Waals surface area contributed by atoms with E-state index in [1.807, 2.05) is 0 Å². The van der Waals surface area contributed by atoms with E-state index < -0.39 is 5.54 Å². The lowest BCUT2D eigenvalue weighted by molar-refractivity contribution is 1.32. The van der Waals surface area contributed by atoms with Gasteiger partial charge >= 0.3 is 5.54 Å². The Morgan fingerprint density at radius 1 is 0.463 bits per heavy atom. The molecule has 6 rings (SSSR count). The van der Waals surface area contributed by atoms with E-state index in [1.54, 1.807) is 0 Å². The number of aryl methyl sites for hydroxylation is 6. The summed E-state index contributed by atoms with van der Waals surface area (Å²) in [5.41, 5.74) is 15.4. The largest absolute Gasteiger partial charge is 0.383 e. The first-order valence-corrected chi connectivity index (χ1v) is 15.0. The SMILES string of the molecule is Cc1cc(C)c(-c2ccc3c(-c4c(B(Cl)Cl)ccc5cc(-c6c(C)cc(C)cc6C)ccc45)cccc3c2)c(C)c1. The van der Waals surface area contributed by atoms with Crippen LogP contribution in [0.2, 0.25) is 0 Å². The van der Waals surface area contributed by atoms with Crippen LogP contribution < -0.4 is 5.46 Å². The fraction of sp³-hybridized carbons (Fsp3) is 0.158. The lowest BCUT2D eigenvalue weighted by Gasteiger charge is -2.18. The Hall–Kier alpha value is -3.52. The van der Waals surface area contributed by atoms with Gasteiger partial charge in [0.2, 0.25) is 0 Å². The summed E-state index contributed by atoms with van der Waals surface area (Å²) in [5.74, 6) is 0. The van der Waals surface area contributed by atoms with E-state index in [1.165, 1.54) is 71.8 Å². The maximum Gasteiger partial charge on any atom is 0.383 e. The highest BCUT2D eigenvalue weighted by Crippen LogP contribution is 2.38. The minimum absolute atomic E-state index is 0.636. The fourth-order valence-corrected chi connectivity index (χ4v) is 7.28. The zero-order valence-electron chi connectivity index (χ0n) is 24.5. The molecule has 0 unspecified atom stereocenters. The van der Waals surface area contributed by atoms with Crippen LogP contribution in [0.25, 0.3) is 54.9 Å². The third-order valence-electron chi connectivity index (χ3n) is 8.37. The average Bonchev–Trinajstić information content (AvgIpc) is 2.90. The molecular formula is C38H33BCl2. The summed E-state index contributed by atoms with van der Waals surface area (Å²) in [6, 6.07) is 33.4. The first-order chi connectivity index (χ1) is 19.6. The predicted molar refractivity (Wildman–Crippen MR) is 183 cm³/mol. The van der Waals surface area contributed by atoms with Crippen molar-refractivity contribution in [3.8, 4) is 33.4 Å². The molecule has 41 heavy (non-hydrogen) atoms. The van der Waals surface area contributed by atoms with Crippen molar-refractivity contribution in [1.82, 2.24) is 0 Å². The van der Waals surface area contributed by atoms with E-state index in [9.17, 15) is 0 Å². The van der Waals surface area contributed by atoms with Gasteiger partial charge in [-0.1, -0.05) is 90.0 Å². The molecule has 0 atom stereocenters. The summed E-state index contributed by atoms with van der Waals surface area (Å²) < 4.78 is 0. The molecule has 0 bridgehead atoms. The second-order valence-electron chi connectivity index (χ2n) is 11.6. The predicted octanol–water partition coefficient (Wildman–Crippen LogP) is 11.0. The third-order valence-corrected chi connectivity index (χ3v) is 8.84. The molecule has 0 spiro atoms. The molecule has 0 N–H and O–H groups in total. The first-order valence-electron chi connectivity index (χ1n) is 14.2. The monoisotopic (exact) mass is 570 g/mol. The first kappa shape index (κ1) is 27.6. The summed E-state index contributed by atoms with van der Waals surface area (Å²) >= 11 is 13.2. The van der Waals surface area contributed by atoms with Gasteiger partial charge < -0.3 is 0 Å². The molecule has 3 heteroatoms. The molecule has 6 aromatic carbocycles. The quantitative estimate of drug-likeness (QED) is 0.185. The standard InChI is InChI=1S/C38H33BCl2/c1-22-16-24(3)36(25(4)17-22)30-10-13-32-28(20-30)8-7-9-34(32)38-33-14-11-31(21-29(33)12-15-35(38)39(40)41)37-26(5)18-23(2)19-27(37)6/h7-21H,1-6H3. The Morgan fingerprint density at radius 3 is 1.46 bits per heavy atom. The molecule has 0 nitrogen and oxygen atoms in total. The van der Waals surface area contributed by atoms with Gasteiger partial charge in [0.05, 0.1) is 0 Å². The van der Waals surface area contributed by atoms with Crippen molar-refractivity contribution < 1.29 is 0 Å². The lowest BCUT2D eigenvalue weighted by Crippen LogP contribution is -2.21.